The fourth-order valence-corrected chi connectivity index (χ4v) is 4.38. The second-order valence-electron chi connectivity index (χ2n) is 8.37. The molecule has 1 aliphatic heterocycles. The van der Waals surface area contributed by atoms with Gasteiger partial charge < -0.3 is 20.8 Å². The molecular formula is C24H24F3IN4O2. The third kappa shape index (κ3) is 5.69. The molecule has 2 aromatic carbocycles. The number of aliphatic hydroxyl groups excluding tert-OH is 1. The van der Waals surface area contributed by atoms with Crippen LogP contribution < -0.4 is 10.6 Å². The van der Waals surface area contributed by atoms with E-state index in [9.17, 15) is 23.4 Å². The van der Waals surface area contributed by atoms with Crippen LogP contribution in [0.1, 0.15) is 17.4 Å². The van der Waals surface area contributed by atoms with Crippen molar-refractivity contribution in [2.24, 2.45) is 0 Å². The van der Waals surface area contributed by atoms with E-state index >= 15 is 0 Å². The van der Waals surface area contributed by atoms with Crippen LogP contribution in [0.15, 0.2) is 54.9 Å². The molecule has 0 amide bonds. The highest BCUT2D eigenvalue weighted by Crippen LogP contribution is 2.36. The van der Waals surface area contributed by atoms with Gasteiger partial charge in [-0.05, 0) is 77.5 Å². The molecule has 1 unspecified atom stereocenters. The first-order valence-electron chi connectivity index (χ1n) is 10.7. The molecule has 1 fully saturated rings. The summed E-state index contributed by atoms with van der Waals surface area (Å²) in [6, 6.07) is 10.3. The van der Waals surface area contributed by atoms with Crippen LogP contribution in [0.2, 0.25) is 0 Å². The van der Waals surface area contributed by atoms with Crippen molar-refractivity contribution in [2.75, 3.05) is 31.5 Å². The number of hydrogen-bond acceptors (Lipinski definition) is 6. The molecule has 1 aromatic heterocycles. The van der Waals surface area contributed by atoms with E-state index in [-0.39, 0.29) is 30.0 Å². The van der Waals surface area contributed by atoms with Crippen molar-refractivity contribution in [1.82, 2.24) is 15.2 Å². The molecule has 180 valence electrons. The molecule has 4 N–H and O–H groups in total. The van der Waals surface area contributed by atoms with E-state index < -0.39 is 29.3 Å². The van der Waals surface area contributed by atoms with E-state index in [4.69, 9.17) is 0 Å². The first-order valence-corrected chi connectivity index (χ1v) is 11.8. The zero-order valence-electron chi connectivity index (χ0n) is 18.1. The maximum atomic E-state index is 14.6. The Labute approximate surface area is 209 Å². The van der Waals surface area contributed by atoms with Gasteiger partial charge in [0.2, 0.25) is 0 Å². The fourth-order valence-electron chi connectivity index (χ4n) is 3.92. The fraction of sp³-hybridized carbons (Fsp3) is 0.292. The van der Waals surface area contributed by atoms with Gasteiger partial charge in [0.15, 0.2) is 11.6 Å². The lowest BCUT2D eigenvalue weighted by Crippen LogP contribution is -2.66. The molecule has 1 saturated heterocycles. The van der Waals surface area contributed by atoms with Gasteiger partial charge in [-0.1, -0.05) is 6.07 Å². The molecule has 3 aromatic rings. The maximum Gasteiger partial charge on any atom is 0.182 e. The number of β-amino-alcohol motifs (C(OH)–C–C–N with tert-alkyl or cyclic N) is 1. The Morgan fingerprint density at radius 3 is 2.62 bits per heavy atom. The van der Waals surface area contributed by atoms with Crippen LogP contribution in [0.4, 0.5) is 24.5 Å². The number of aliphatic hydroxyl groups is 2. The minimum atomic E-state index is -1.32. The summed E-state index contributed by atoms with van der Waals surface area (Å²) in [6.45, 7) is 1.22. The summed E-state index contributed by atoms with van der Waals surface area (Å²) in [6.07, 6.45) is 2.93. The van der Waals surface area contributed by atoms with Gasteiger partial charge in [-0.25, -0.2) is 13.2 Å². The van der Waals surface area contributed by atoms with E-state index in [2.05, 4.69) is 15.6 Å². The van der Waals surface area contributed by atoms with Gasteiger partial charge in [-0.15, -0.1) is 0 Å². The summed E-state index contributed by atoms with van der Waals surface area (Å²) in [4.78, 5) is 5.60. The number of rotatable bonds is 9. The second kappa shape index (κ2) is 10.6. The van der Waals surface area contributed by atoms with Crippen LogP contribution in [-0.4, -0.2) is 51.9 Å². The summed E-state index contributed by atoms with van der Waals surface area (Å²) < 4.78 is 43.5. The highest BCUT2D eigenvalue weighted by molar-refractivity contribution is 14.1. The number of anilines is 2. The number of nitrogens with zero attached hydrogens (tertiary/aromatic N) is 2. The van der Waals surface area contributed by atoms with Crippen LogP contribution in [0, 0.1) is 21.0 Å². The van der Waals surface area contributed by atoms with Crippen LogP contribution in [0.5, 0.6) is 0 Å². The number of nitrogens with one attached hydrogen (secondary N) is 2. The Morgan fingerprint density at radius 2 is 1.91 bits per heavy atom. The van der Waals surface area contributed by atoms with Crippen molar-refractivity contribution in [3.63, 3.8) is 0 Å². The highest BCUT2D eigenvalue weighted by Gasteiger charge is 2.44. The van der Waals surface area contributed by atoms with Crippen LogP contribution in [0.3, 0.4) is 0 Å². The normalized spacial score (nSPS) is 16.2. The third-order valence-electron chi connectivity index (χ3n) is 5.70. The molecular weight excluding hydrogens is 560 g/mol. The summed E-state index contributed by atoms with van der Waals surface area (Å²) in [5, 5.41) is 27.3. The molecule has 34 heavy (non-hydrogen) atoms. The van der Waals surface area contributed by atoms with Gasteiger partial charge in [-0.3, -0.25) is 9.88 Å². The first-order chi connectivity index (χ1) is 16.3. The topological polar surface area (TPSA) is 80.7 Å². The lowest BCUT2D eigenvalue weighted by Gasteiger charge is -2.49. The van der Waals surface area contributed by atoms with E-state index in [1.54, 1.807) is 18.5 Å². The minimum Gasteiger partial charge on any atom is -0.386 e. The summed E-state index contributed by atoms with van der Waals surface area (Å²) in [5.74, 6) is -2.98. The van der Waals surface area contributed by atoms with Crippen molar-refractivity contribution in [3.05, 3.63) is 87.0 Å². The van der Waals surface area contributed by atoms with Crippen molar-refractivity contribution in [3.8, 4) is 0 Å². The molecule has 0 aliphatic carbocycles. The van der Waals surface area contributed by atoms with Gasteiger partial charge in [0.1, 0.15) is 17.6 Å². The molecule has 0 radical (unpaired) electrons. The minimum absolute atomic E-state index is 0.0448. The van der Waals surface area contributed by atoms with Crippen LogP contribution in [0.25, 0.3) is 0 Å². The molecule has 6 nitrogen and oxygen atoms in total. The molecule has 4 rings (SSSR count). The number of halogens is 4. The number of pyridine rings is 1. The summed E-state index contributed by atoms with van der Waals surface area (Å²) in [5.41, 5.74) is -0.336. The van der Waals surface area contributed by atoms with Gasteiger partial charge in [0.05, 0.1) is 11.4 Å². The lowest BCUT2D eigenvalue weighted by atomic mass is 9.92. The first kappa shape index (κ1) is 24.9. The summed E-state index contributed by atoms with van der Waals surface area (Å²) in [7, 11) is 0. The Balaban J connectivity index is 1.39. The van der Waals surface area contributed by atoms with Gasteiger partial charge in [0, 0.05) is 41.2 Å². The largest absolute Gasteiger partial charge is 0.386 e. The molecule has 1 aliphatic rings. The number of aromatic nitrogens is 1. The second-order valence-corrected chi connectivity index (χ2v) is 9.61. The van der Waals surface area contributed by atoms with Crippen molar-refractivity contribution >= 4 is 34.0 Å². The predicted molar refractivity (Wildman–Crippen MR) is 131 cm³/mol. The average molecular weight is 584 g/mol. The van der Waals surface area contributed by atoms with E-state index in [0.29, 0.717) is 16.7 Å². The van der Waals surface area contributed by atoms with E-state index in [1.165, 1.54) is 23.1 Å². The smallest absolute Gasteiger partial charge is 0.182 e. The van der Waals surface area contributed by atoms with Gasteiger partial charge in [-0.2, -0.15) is 0 Å². The lowest BCUT2D eigenvalue weighted by molar-refractivity contribution is -0.160. The standard InChI is InChI=1S/C24H24F3IN4O2/c25-18-5-4-17(22(21(18)27)31-20-6-3-16(28)10-19(20)26)23(33)32-13-24(34,14-32)12-30-9-7-15-2-1-8-29-11-15/h1-6,8,10-11,23,30-31,33-34H,7,9,12-14H2. The van der Waals surface area contributed by atoms with Crippen LogP contribution in [-0.2, 0) is 6.42 Å². The summed E-state index contributed by atoms with van der Waals surface area (Å²) >= 11 is 1.94. The number of benzene rings is 2. The Kier molecular flexibility index (Phi) is 7.73. The molecule has 2 heterocycles. The molecule has 10 heteroatoms. The highest BCUT2D eigenvalue weighted by atomic mass is 127. The molecule has 1 atom stereocenters. The number of likely N-dealkylation sites (tertiary alicyclic amines) is 1. The molecule has 0 saturated carbocycles. The quantitative estimate of drug-likeness (QED) is 0.227. The Bertz CT molecular complexity index is 1150. The van der Waals surface area contributed by atoms with Crippen molar-refractivity contribution in [1.29, 1.82) is 0 Å². The van der Waals surface area contributed by atoms with Crippen molar-refractivity contribution < 1.29 is 23.4 Å². The SMILES string of the molecule is OC(c1ccc(F)c(F)c1Nc1ccc(I)cc1F)N1CC(O)(CNCCc2cccnc2)C1. The Morgan fingerprint density at radius 1 is 1.12 bits per heavy atom. The average Bonchev–Trinajstić information content (AvgIpc) is 2.80. The van der Waals surface area contributed by atoms with Gasteiger partial charge in [0.25, 0.3) is 0 Å². The number of hydrogen-bond donors (Lipinski definition) is 4. The van der Waals surface area contributed by atoms with Crippen molar-refractivity contribution in [2.45, 2.75) is 18.2 Å². The maximum absolute atomic E-state index is 14.6. The molecule has 0 bridgehead atoms. The molecule has 0 spiro atoms. The van der Waals surface area contributed by atoms with Gasteiger partial charge >= 0.3 is 0 Å². The van der Waals surface area contributed by atoms with Crippen LogP contribution >= 0.6 is 22.6 Å². The van der Waals surface area contributed by atoms with E-state index in [1.807, 2.05) is 34.7 Å². The third-order valence-corrected chi connectivity index (χ3v) is 6.38. The zero-order valence-corrected chi connectivity index (χ0v) is 20.3. The van der Waals surface area contributed by atoms with E-state index in [0.717, 1.165) is 18.1 Å². The zero-order chi connectivity index (χ0) is 24.3. The monoisotopic (exact) mass is 584 g/mol. The predicted octanol–water partition coefficient (Wildman–Crippen LogP) is 3.72. The Hall–Kier alpha value is -2.25.